The molecule has 10 atom stereocenters. The molecule has 2 spiro atoms. The van der Waals surface area contributed by atoms with Crippen LogP contribution in [0.15, 0.2) is 46.3 Å². The number of rotatable bonds is 15. The molecule has 8 fully saturated rings. The number of amides is 3. The van der Waals surface area contributed by atoms with Gasteiger partial charge in [-0.25, -0.2) is 9.59 Å². The molecule has 4 bridgehead atoms. The van der Waals surface area contributed by atoms with E-state index >= 15 is 0 Å². The van der Waals surface area contributed by atoms with Crippen molar-refractivity contribution in [2.45, 2.75) is 149 Å². The highest BCUT2D eigenvalue weighted by Gasteiger charge is 2.70. The summed E-state index contributed by atoms with van der Waals surface area (Å²) in [6.07, 6.45) is -1.17. The van der Waals surface area contributed by atoms with Crippen LogP contribution in [-0.2, 0) is 38.4 Å². The number of aliphatic hydroxyl groups is 2. The number of benzene rings is 1. The maximum absolute atomic E-state index is 14.6. The molecule has 3 saturated heterocycles. The van der Waals surface area contributed by atoms with Gasteiger partial charge in [-0.2, -0.15) is 23.5 Å². The van der Waals surface area contributed by atoms with E-state index < -0.39 is 82.8 Å². The molecule has 11 rings (SSSR count). The number of ether oxygens (including phenoxy) is 3. The van der Waals surface area contributed by atoms with E-state index in [9.17, 15) is 53.2 Å². The number of carbonyl (C=O) groups excluding carboxylic acids is 3. The standard InChI is InChI=1S/C47H59F2N7O14S2/c1-43(33-24-71-38(51-33)29-7-2-3-8-31(29)58)56(30(23-72-43)39(62)63)14-5-13-50-35(59)9-10-36(60)54-44-18-25-16-26(19-44)47(27(17-25)20-44)68-45(69-70-47)12-4-6-28(21-45)66-42(65)53-34-11-15-55(41(64)52-34)40-46(48,49)37(61)32(22-57)67-40/h2-3,7-8,11,15,25-28,30,32-33,37,40,57-58,61H,4-6,9-10,12-14,16-24H2,1H3,(H,50,59)(H,54,60)(H,62,63)(H,52,53,64,65)/t25?,26?,27?,28?,30-,32+,33+,37+,40+,43?,44?,45+,47?/m0/s1. The second-order valence-electron chi connectivity index (χ2n) is 20.5. The minimum atomic E-state index is -3.90. The summed E-state index contributed by atoms with van der Waals surface area (Å²) in [7, 11) is 0. The van der Waals surface area contributed by atoms with Crippen molar-refractivity contribution in [3.63, 3.8) is 0 Å². The molecule has 5 saturated carbocycles. The van der Waals surface area contributed by atoms with Crippen molar-refractivity contribution in [2.75, 3.05) is 36.5 Å². The zero-order valence-electron chi connectivity index (χ0n) is 39.4. The number of aromatic hydroxyl groups is 1. The second kappa shape index (κ2) is 19.7. The van der Waals surface area contributed by atoms with Crippen LogP contribution in [0.1, 0.15) is 95.8 Å². The van der Waals surface area contributed by atoms with E-state index in [-0.39, 0.29) is 60.5 Å². The van der Waals surface area contributed by atoms with E-state index in [4.69, 9.17) is 29.0 Å². The van der Waals surface area contributed by atoms with Crippen LogP contribution < -0.4 is 21.6 Å². The third-order valence-electron chi connectivity index (χ3n) is 15.8. The molecule has 7 N–H and O–H groups in total. The van der Waals surface area contributed by atoms with Crippen LogP contribution in [0.3, 0.4) is 0 Å². The number of hydrogen-bond donors (Lipinski definition) is 7. The number of carboxylic acid groups (broad SMARTS) is 1. The Morgan fingerprint density at radius 3 is 2.50 bits per heavy atom. The van der Waals surface area contributed by atoms with E-state index in [0.717, 1.165) is 36.6 Å². The van der Waals surface area contributed by atoms with E-state index in [0.29, 0.717) is 79.2 Å². The van der Waals surface area contributed by atoms with Gasteiger partial charge in [0.25, 0.3) is 0 Å². The van der Waals surface area contributed by atoms with Gasteiger partial charge in [0.15, 0.2) is 6.10 Å². The van der Waals surface area contributed by atoms with Gasteiger partial charge in [-0.05, 0) is 82.4 Å². The molecule has 5 aliphatic carbocycles. The van der Waals surface area contributed by atoms with Crippen molar-refractivity contribution >= 4 is 58.3 Å². The Morgan fingerprint density at radius 2 is 1.78 bits per heavy atom. The highest BCUT2D eigenvalue weighted by molar-refractivity contribution is 8.14. The summed E-state index contributed by atoms with van der Waals surface area (Å²) in [6.45, 7) is 1.84. The summed E-state index contributed by atoms with van der Waals surface area (Å²) in [5.74, 6) is -6.57. The van der Waals surface area contributed by atoms with Gasteiger partial charge >= 0.3 is 23.7 Å². The van der Waals surface area contributed by atoms with Gasteiger partial charge in [0.05, 0.1) is 17.5 Å². The molecule has 1 aromatic carbocycles. The number of nitrogens with zero attached hydrogens (tertiary/aromatic N) is 4. The summed E-state index contributed by atoms with van der Waals surface area (Å²) in [4.78, 5) is 86.9. The van der Waals surface area contributed by atoms with Crippen molar-refractivity contribution in [2.24, 2.45) is 22.7 Å². The molecule has 21 nitrogen and oxygen atoms in total. The summed E-state index contributed by atoms with van der Waals surface area (Å²) >= 11 is 3.10. The number of aliphatic imine (C=N–C) groups is 1. The van der Waals surface area contributed by atoms with Gasteiger partial charge in [-0.1, -0.05) is 12.1 Å². The fraction of sp³-hybridized carbons (Fsp3) is 0.681. The normalized spacial score (nSPS) is 37.5. The molecule has 4 aliphatic heterocycles. The fourth-order valence-corrected chi connectivity index (χ4v) is 15.4. The maximum Gasteiger partial charge on any atom is 0.413 e. The number of nitrogens with one attached hydrogen (secondary N) is 3. The first-order chi connectivity index (χ1) is 34.3. The minimum absolute atomic E-state index is 0.00493. The number of carbonyl (C=O) groups is 4. The lowest BCUT2D eigenvalue weighted by Crippen LogP contribution is -2.69. The molecule has 2 aromatic rings. The Bertz CT molecular complexity index is 2530. The lowest BCUT2D eigenvalue weighted by atomic mass is 9.50. The molecular formula is C47H59F2N7O14S2. The van der Waals surface area contributed by atoms with Gasteiger partial charge in [-0.15, -0.1) is 23.5 Å². The smallest absolute Gasteiger partial charge is 0.413 e. The first kappa shape index (κ1) is 51.0. The Labute approximate surface area is 420 Å². The largest absolute Gasteiger partial charge is 0.507 e. The van der Waals surface area contributed by atoms with Crippen LogP contribution in [0.4, 0.5) is 19.4 Å². The number of phenolic OH excluding ortho intramolecular Hbond substituents is 1. The van der Waals surface area contributed by atoms with Crippen molar-refractivity contribution in [3.8, 4) is 5.75 Å². The highest BCUT2D eigenvalue weighted by Crippen LogP contribution is 2.65. The summed E-state index contributed by atoms with van der Waals surface area (Å²) in [5.41, 5.74) is -1.05. The number of aliphatic carboxylic acids is 1. The summed E-state index contributed by atoms with van der Waals surface area (Å²) < 4.78 is 47.3. The Balaban J connectivity index is 0.681. The molecule has 9 aliphatic rings. The van der Waals surface area contributed by atoms with Crippen LogP contribution in [0.5, 0.6) is 5.75 Å². The van der Waals surface area contributed by atoms with E-state index in [1.807, 2.05) is 24.0 Å². The van der Waals surface area contributed by atoms with E-state index in [1.54, 1.807) is 23.9 Å². The number of anilines is 1. The first-order valence-corrected chi connectivity index (χ1v) is 26.5. The summed E-state index contributed by atoms with van der Waals surface area (Å²) in [5, 5.41) is 48.9. The number of para-hydroxylation sites is 1. The van der Waals surface area contributed by atoms with Gasteiger partial charge in [0, 0.05) is 79.4 Å². The molecule has 0 radical (unpaired) electrons. The molecule has 1 aromatic heterocycles. The Kier molecular flexibility index (Phi) is 13.9. The van der Waals surface area contributed by atoms with Crippen LogP contribution in [0, 0.1) is 17.8 Å². The van der Waals surface area contributed by atoms with Crippen LogP contribution in [-0.4, -0.2) is 153 Å². The third kappa shape index (κ3) is 9.49. The van der Waals surface area contributed by atoms with Crippen LogP contribution in [0.25, 0.3) is 0 Å². The Hall–Kier alpha value is -4.47. The molecule has 4 unspecified atom stereocenters. The lowest BCUT2D eigenvalue weighted by Gasteiger charge is -2.62. The number of alkyl halides is 2. The van der Waals surface area contributed by atoms with Gasteiger partial charge in [-0.3, -0.25) is 34.2 Å². The molecule has 25 heteroatoms. The van der Waals surface area contributed by atoms with Crippen molar-refractivity contribution < 1.29 is 72.4 Å². The minimum Gasteiger partial charge on any atom is -0.507 e. The maximum atomic E-state index is 14.6. The average molecular weight is 1050 g/mol. The van der Waals surface area contributed by atoms with Crippen molar-refractivity contribution in [1.82, 2.24) is 25.1 Å². The average Bonchev–Trinajstić information content (AvgIpc) is 4.10. The predicted octanol–water partition coefficient (Wildman–Crippen LogP) is 3.46. The number of thioether (sulfide) groups is 2. The predicted molar refractivity (Wildman–Crippen MR) is 253 cm³/mol. The van der Waals surface area contributed by atoms with E-state index in [2.05, 4.69) is 20.9 Å². The quantitative estimate of drug-likeness (QED) is 0.0993. The molecule has 3 amide bonds. The third-order valence-corrected chi connectivity index (χ3v) is 18.5. The number of aliphatic hydroxyl groups excluding tert-OH is 2. The molecule has 5 heterocycles. The van der Waals surface area contributed by atoms with Gasteiger partial charge < -0.3 is 45.3 Å². The monoisotopic (exact) mass is 1050 g/mol. The zero-order chi connectivity index (χ0) is 50.8. The number of halogens is 2. The lowest BCUT2D eigenvalue weighted by molar-refractivity contribution is -0.392. The highest BCUT2D eigenvalue weighted by atomic mass is 32.2. The number of phenols is 1. The molecule has 72 heavy (non-hydrogen) atoms. The first-order valence-electron chi connectivity index (χ1n) is 24.5. The molecular weight excluding hydrogens is 989 g/mol. The Morgan fingerprint density at radius 1 is 1.01 bits per heavy atom. The molecule has 392 valence electrons. The fourth-order valence-electron chi connectivity index (χ4n) is 12.5. The topological polar surface area (TPSA) is 282 Å². The van der Waals surface area contributed by atoms with Crippen molar-refractivity contribution in [1.29, 1.82) is 0 Å². The van der Waals surface area contributed by atoms with Crippen LogP contribution >= 0.6 is 23.5 Å². The zero-order valence-corrected chi connectivity index (χ0v) is 41.0. The second-order valence-corrected chi connectivity index (χ2v) is 23.0. The number of hydrogen-bond acceptors (Lipinski definition) is 18. The van der Waals surface area contributed by atoms with E-state index in [1.165, 1.54) is 11.8 Å². The van der Waals surface area contributed by atoms with Gasteiger partial charge in [0.1, 0.15) is 34.9 Å². The van der Waals surface area contributed by atoms with Crippen molar-refractivity contribution in [3.05, 3.63) is 52.6 Å². The summed E-state index contributed by atoms with van der Waals surface area (Å²) in [6, 6.07) is 7.19. The van der Waals surface area contributed by atoms with Crippen LogP contribution in [0.2, 0.25) is 0 Å². The number of aromatic nitrogens is 2. The number of carboxylic acids is 1. The SMILES string of the molecule is CC1([C@H]2CSC(c3ccccc3O)=N2)SC[C@@H](C(=O)O)N1CCCNC(=O)CCC(=O)NC12CC3CC(C1)C1(OO[C@@]4(CCCC(OC(=O)Nc5ccn([C@@H]6O[C@H](CO)[C@@H](O)C6(F)F)c(=O)n5)C4)O1)C(C3)C2. The van der Waals surface area contributed by atoms with Gasteiger partial charge in [0.2, 0.25) is 29.6 Å².